The van der Waals surface area contributed by atoms with E-state index in [1.54, 1.807) is 6.07 Å². The van der Waals surface area contributed by atoms with Crippen molar-refractivity contribution in [2.45, 2.75) is 24.9 Å². The van der Waals surface area contributed by atoms with Crippen LogP contribution in [0.1, 0.15) is 24.4 Å². The second-order valence-electron chi connectivity index (χ2n) is 3.93. The van der Waals surface area contributed by atoms with Crippen LogP contribution in [0.2, 0.25) is 10.0 Å². The molecule has 0 spiro atoms. The highest BCUT2D eigenvalue weighted by Gasteiger charge is 2.24. The van der Waals surface area contributed by atoms with Crippen molar-refractivity contribution in [2.24, 2.45) is 5.73 Å². The summed E-state index contributed by atoms with van der Waals surface area (Å²) in [6.07, 6.45) is 2.48. The monoisotopic (exact) mass is 244 g/mol. The first kappa shape index (κ1) is 11.2. The van der Waals surface area contributed by atoms with Crippen LogP contribution in [0.4, 0.5) is 0 Å². The fourth-order valence-corrected chi connectivity index (χ4v) is 2.15. The lowest BCUT2D eigenvalue weighted by Gasteiger charge is -2.17. The van der Waals surface area contributed by atoms with E-state index in [1.165, 1.54) is 12.8 Å². The van der Waals surface area contributed by atoms with Gasteiger partial charge in [-0.15, -0.1) is 0 Å². The van der Waals surface area contributed by atoms with Gasteiger partial charge in [0.15, 0.2) is 0 Å². The summed E-state index contributed by atoms with van der Waals surface area (Å²) in [5.41, 5.74) is 6.80. The summed E-state index contributed by atoms with van der Waals surface area (Å²) in [5.74, 6) is 0. The highest BCUT2D eigenvalue weighted by molar-refractivity contribution is 6.34. The van der Waals surface area contributed by atoms with Crippen LogP contribution in [0.15, 0.2) is 18.2 Å². The molecule has 1 saturated carbocycles. The van der Waals surface area contributed by atoms with Gasteiger partial charge in [-0.2, -0.15) is 0 Å². The topological polar surface area (TPSA) is 38.0 Å². The SMILES string of the molecule is NCC(NC1CC1)c1cc(Cl)cc(Cl)c1. The number of benzene rings is 1. The number of hydrogen-bond donors (Lipinski definition) is 2. The molecular weight excluding hydrogens is 231 g/mol. The smallest absolute Gasteiger partial charge is 0.0447 e. The van der Waals surface area contributed by atoms with Gasteiger partial charge in [0, 0.05) is 28.7 Å². The molecule has 0 saturated heterocycles. The van der Waals surface area contributed by atoms with Crippen LogP contribution in [0.25, 0.3) is 0 Å². The van der Waals surface area contributed by atoms with E-state index < -0.39 is 0 Å². The molecule has 1 aromatic carbocycles. The zero-order chi connectivity index (χ0) is 10.8. The molecule has 0 radical (unpaired) electrons. The lowest BCUT2D eigenvalue weighted by molar-refractivity contribution is 0.539. The minimum atomic E-state index is 0.161. The van der Waals surface area contributed by atoms with E-state index in [2.05, 4.69) is 5.32 Å². The first-order chi connectivity index (χ1) is 7.19. The molecule has 2 rings (SSSR count). The van der Waals surface area contributed by atoms with E-state index in [0.29, 0.717) is 22.6 Å². The standard InChI is InChI=1S/C11H14Cl2N2/c12-8-3-7(4-9(13)5-8)11(6-14)15-10-1-2-10/h3-5,10-11,15H,1-2,6,14H2. The van der Waals surface area contributed by atoms with Gasteiger partial charge >= 0.3 is 0 Å². The van der Waals surface area contributed by atoms with Gasteiger partial charge in [0.2, 0.25) is 0 Å². The zero-order valence-corrected chi connectivity index (χ0v) is 9.85. The second-order valence-corrected chi connectivity index (χ2v) is 4.80. The first-order valence-electron chi connectivity index (χ1n) is 5.11. The molecule has 1 aromatic rings. The maximum Gasteiger partial charge on any atom is 0.0447 e. The van der Waals surface area contributed by atoms with Crippen molar-refractivity contribution in [3.05, 3.63) is 33.8 Å². The Balaban J connectivity index is 2.16. The van der Waals surface area contributed by atoms with E-state index in [0.717, 1.165) is 5.56 Å². The minimum Gasteiger partial charge on any atom is -0.329 e. The van der Waals surface area contributed by atoms with Gasteiger partial charge in [-0.05, 0) is 36.6 Å². The van der Waals surface area contributed by atoms with Gasteiger partial charge in [-0.25, -0.2) is 0 Å². The van der Waals surface area contributed by atoms with Gasteiger partial charge < -0.3 is 11.1 Å². The molecule has 15 heavy (non-hydrogen) atoms. The van der Waals surface area contributed by atoms with Gasteiger partial charge in [-0.1, -0.05) is 23.2 Å². The van der Waals surface area contributed by atoms with E-state index in [4.69, 9.17) is 28.9 Å². The van der Waals surface area contributed by atoms with Crippen molar-refractivity contribution in [1.29, 1.82) is 0 Å². The van der Waals surface area contributed by atoms with Crippen molar-refractivity contribution in [3.8, 4) is 0 Å². The van der Waals surface area contributed by atoms with Crippen molar-refractivity contribution in [2.75, 3.05) is 6.54 Å². The van der Waals surface area contributed by atoms with Crippen molar-refractivity contribution in [3.63, 3.8) is 0 Å². The highest BCUT2D eigenvalue weighted by Crippen LogP contribution is 2.27. The quantitative estimate of drug-likeness (QED) is 0.855. The fourth-order valence-electron chi connectivity index (χ4n) is 1.61. The average Bonchev–Trinajstić information content (AvgIpc) is 2.96. The Labute approximate surface area is 99.7 Å². The molecule has 1 fully saturated rings. The van der Waals surface area contributed by atoms with E-state index in [-0.39, 0.29) is 6.04 Å². The molecule has 0 heterocycles. The number of nitrogens with one attached hydrogen (secondary N) is 1. The van der Waals surface area contributed by atoms with Crippen LogP contribution in [0, 0.1) is 0 Å². The summed E-state index contributed by atoms with van der Waals surface area (Å²) in [5, 5.41) is 4.79. The second kappa shape index (κ2) is 4.71. The van der Waals surface area contributed by atoms with Crippen LogP contribution in [0.5, 0.6) is 0 Å². The van der Waals surface area contributed by atoms with Crippen molar-refractivity contribution in [1.82, 2.24) is 5.32 Å². The average molecular weight is 245 g/mol. The number of rotatable bonds is 4. The molecule has 0 amide bonds. The fraction of sp³-hybridized carbons (Fsp3) is 0.455. The van der Waals surface area contributed by atoms with E-state index in [9.17, 15) is 0 Å². The molecule has 1 atom stereocenters. The zero-order valence-electron chi connectivity index (χ0n) is 8.34. The van der Waals surface area contributed by atoms with E-state index in [1.807, 2.05) is 12.1 Å². The van der Waals surface area contributed by atoms with Crippen LogP contribution >= 0.6 is 23.2 Å². The summed E-state index contributed by atoms with van der Waals surface area (Å²) in [7, 11) is 0. The van der Waals surface area contributed by atoms with Crippen LogP contribution in [0.3, 0.4) is 0 Å². The predicted octanol–water partition coefficient (Wildman–Crippen LogP) is 2.75. The molecular formula is C11H14Cl2N2. The molecule has 82 valence electrons. The maximum atomic E-state index is 5.95. The van der Waals surface area contributed by atoms with Gasteiger partial charge in [0.25, 0.3) is 0 Å². The first-order valence-corrected chi connectivity index (χ1v) is 5.86. The largest absolute Gasteiger partial charge is 0.329 e. The number of nitrogens with two attached hydrogens (primary N) is 1. The Morgan fingerprint density at radius 1 is 1.27 bits per heavy atom. The van der Waals surface area contributed by atoms with Gasteiger partial charge in [0.1, 0.15) is 0 Å². The molecule has 0 bridgehead atoms. The molecule has 0 aliphatic heterocycles. The third-order valence-corrected chi connectivity index (χ3v) is 2.97. The van der Waals surface area contributed by atoms with Crippen LogP contribution < -0.4 is 11.1 Å². The molecule has 3 N–H and O–H groups in total. The molecule has 0 aromatic heterocycles. The van der Waals surface area contributed by atoms with Crippen LogP contribution in [-0.2, 0) is 0 Å². The molecule has 1 aliphatic carbocycles. The predicted molar refractivity (Wildman–Crippen MR) is 64.4 cm³/mol. The lowest BCUT2D eigenvalue weighted by Crippen LogP contribution is -2.29. The lowest BCUT2D eigenvalue weighted by atomic mass is 10.1. The Morgan fingerprint density at radius 3 is 2.33 bits per heavy atom. The Kier molecular flexibility index (Phi) is 3.52. The summed E-state index contributed by atoms with van der Waals surface area (Å²) in [6, 6.07) is 6.35. The van der Waals surface area contributed by atoms with E-state index >= 15 is 0 Å². The number of halogens is 2. The maximum absolute atomic E-state index is 5.95. The Morgan fingerprint density at radius 2 is 1.87 bits per heavy atom. The van der Waals surface area contributed by atoms with Crippen molar-refractivity contribution < 1.29 is 0 Å². The molecule has 4 heteroatoms. The van der Waals surface area contributed by atoms with Crippen LogP contribution in [-0.4, -0.2) is 12.6 Å². The third kappa shape index (κ3) is 3.08. The normalized spacial score (nSPS) is 17.8. The summed E-state index contributed by atoms with van der Waals surface area (Å²) in [4.78, 5) is 0. The third-order valence-electron chi connectivity index (χ3n) is 2.54. The summed E-state index contributed by atoms with van der Waals surface area (Å²) >= 11 is 11.9. The summed E-state index contributed by atoms with van der Waals surface area (Å²) in [6.45, 7) is 0.563. The Hall–Kier alpha value is -0.280. The molecule has 1 aliphatic rings. The molecule has 2 nitrogen and oxygen atoms in total. The summed E-state index contributed by atoms with van der Waals surface area (Å²) < 4.78 is 0. The minimum absolute atomic E-state index is 0.161. The Bertz CT molecular complexity index is 330. The van der Waals surface area contributed by atoms with Crippen molar-refractivity contribution >= 4 is 23.2 Å². The molecule has 1 unspecified atom stereocenters. The van der Waals surface area contributed by atoms with Gasteiger partial charge in [-0.3, -0.25) is 0 Å². The number of hydrogen-bond acceptors (Lipinski definition) is 2. The van der Waals surface area contributed by atoms with Gasteiger partial charge in [0.05, 0.1) is 0 Å². The highest BCUT2D eigenvalue weighted by atomic mass is 35.5.